The lowest BCUT2D eigenvalue weighted by molar-refractivity contribution is 0.262. The van der Waals surface area contributed by atoms with E-state index in [-0.39, 0.29) is 5.69 Å². The molecule has 3 aromatic rings. The van der Waals surface area contributed by atoms with Crippen molar-refractivity contribution in [3.8, 4) is 10.4 Å². The SMILES string of the molecule is C=CO/C(=C\C)c1cc(C)c(-c2ccc(NC(=O)Nc3ccncc3F)cc2)s1. The zero-order valence-corrected chi connectivity index (χ0v) is 16.8. The van der Waals surface area contributed by atoms with Crippen LogP contribution >= 0.6 is 11.3 Å². The molecule has 2 amide bonds. The number of pyridine rings is 1. The van der Waals surface area contributed by atoms with Crippen molar-refractivity contribution in [2.75, 3.05) is 10.6 Å². The van der Waals surface area contributed by atoms with Gasteiger partial charge in [0.1, 0.15) is 5.76 Å². The summed E-state index contributed by atoms with van der Waals surface area (Å²) in [5.41, 5.74) is 2.82. The monoisotopic (exact) mass is 409 g/mol. The second kappa shape index (κ2) is 9.16. The Balaban J connectivity index is 1.72. The number of hydrogen-bond donors (Lipinski definition) is 2. The minimum atomic E-state index is -0.595. The molecule has 2 N–H and O–H groups in total. The number of benzene rings is 1. The quantitative estimate of drug-likeness (QED) is 0.462. The molecule has 1 aromatic carbocycles. The first-order valence-corrected chi connectivity index (χ1v) is 9.66. The number of anilines is 2. The molecule has 0 saturated carbocycles. The van der Waals surface area contributed by atoms with E-state index in [2.05, 4.69) is 28.3 Å². The topological polar surface area (TPSA) is 63.2 Å². The summed E-state index contributed by atoms with van der Waals surface area (Å²) >= 11 is 1.62. The first-order chi connectivity index (χ1) is 14.0. The predicted octanol–water partition coefficient (Wildman–Crippen LogP) is 6.42. The van der Waals surface area contributed by atoms with Crippen LogP contribution in [0.15, 0.2) is 67.7 Å². The van der Waals surface area contributed by atoms with Crippen LogP contribution in [0.4, 0.5) is 20.6 Å². The van der Waals surface area contributed by atoms with Crippen LogP contribution in [0, 0.1) is 12.7 Å². The maximum absolute atomic E-state index is 13.6. The minimum Gasteiger partial charge on any atom is -0.464 e. The molecule has 148 valence electrons. The molecule has 7 heteroatoms. The number of rotatable bonds is 6. The molecule has 0 bridgehead atoms. The summed E-state index contributed by atoms with van der Waals surface area (Å²) in [5.74, 6) is 0.167. The Morgan fingerprint density at radius 1 is 1.24 bits per heavy atom. The summed E-state index contributed by atoms with van der Waals surface area (Å²) < 4.78 is 19.0. The summed E-state index contributed by atoms with van der Waals surface area (Å²) in [5, 5.41) is 5.14. The molecule has 0 saturated heterocycles. The fraction of sp³-hybridized carbons (Fsp3) is 0.0909. The molecule has 0 unspecified atom stereocenters. The van der Waals surface area contributed by atoms with E-state index >= 15 is 0 Å². The summed E-state index contributed by atoms with van der Waals surface area (Å²) in [4.78, 5) is 17.9. The number of allylic oxidation sites excluding steroid dienone is 1. The van der Waals surface area contributed by atoms with Crippen molar-refractivity contribution < 1.29 is 13.9 Å². The third kappa shape index (κ3) is 4.89. The minimum absolute atomic E-state index is 0.0670. The van der Waals surface area contributed by atoms with Gasteiger partial charge in [0.15, 0.2) is 5.82 Å². The predicted molar refractivity (Wildman–Crippen MR) is 116 cm³/mol. The van der Waals surface area contributed by atoms with E-state index in [0.717, 1.165) is 32.8 Å². The molecule has 2 heterocycles. The van der Waals surface area contributed by atoms with Crippen molar-refractivity contribution in [2.24, 2.45) is 0 Å². The van der Waals surface area contributed by atoms with E-state index in [0.29, 0.717) is 5.69 Å². The standard InChI is InChI=1S/C22H20FN3O2S/c1-4-19(28-5-2)20-12-14(3)21(29-20)15-6-8-16(9-7-15)25-22(27)26-18-10-11-24-13-17(18)23/h4-13H,2H2,1,3H3,(H2,24,25,26,27)/b19-4-. The number of aromatic nitrogens is 1. The van der Waals surface area contributed by atoms with Gasteiger partial charge in [-0.25, -0.2) is 9.18 Å². The van der Waals surface area contributed by atoms with Crippen molar-refractivity contribution in [3.63, 3.8) is 0 Å². The van der Waals surface area contributed by atoms with Gasteiger partial charge in [0.2, 0.25) is 0 Å². The normalized spacial score (nSPS) is 11.1. The molecule has 5 nitrogen and oxygen atoms in total. The van der Waals surface area contributed by atoms with E-state index in [9.17, 15) is 9.18 Å². The molecular formula is C22H20FN3O2S. The third-order valence-corrected chi connectivity index (χ3v) is 5.36. The molecule has 2 aromatic heterocycles. The lowest BCUT2D eigenvalue weighted by Gasteiger charge is -2.09. The van der Waals surface area contributed by atoms with Crippen molar-refractivity contribution >= 4 is 34.5 Å². The molecule has 0 aliphatic rings. The van der Waals surface area contributed by atoms with Crippen LogP contribution in [0.3, 0.4) is 0 Å². The molecular weight excluding hydrogens is 389 g/mol. The fourth-order valence-corrected chi connectivity index (χ4v) is 3.91. The number of aryl methyl sites for hydroxylation is 1. The van der Waals surface area contributed by atoms with E-state index in [1.54, 1.807) is 23.5 Å². The zero-order valence-electron chi connectivity index (χ0n) is 16.0. The number of thiophene rings is 1. The molecule has 0 fully saturated rings. The largest absolute Gasteiger partial charge is 0.464 e. The third-order valence-electron chi connectivity index (χ3n) is 4.06. The van der Waals surface area contributed by atoms with Gasteiger partial charge in [-0.2, -0.15) is 0 Å². The highest BCUT2D eigenvalue weighted by Gasteiger charge is 2.12. The van der Waals surface area contributed by atoms with Crippen LogP contribution in [0.1, 0.15) is 17.4 Å². The van der Waals surface area contributed by atoms with Gasteiger partial charge in [0, 0.05) is 16.8 Å². The van der Waals surface area contributed by atoms with Crippen LogP contribution in [0.2, 0.25) is 0 Å². The van der Waals surface area contributed by atoms with E-state index in [1.807, 2.05) is 32.1 Å². The number of halogens is 1. The summed E-state index contributed by atoms with van der Waals surface area (Å²) in [6.45, 7) is 7.56. The number of hydrogen-bond acceptors (Lipinski definition) is 4. The second-order valence-corrected chi connectivity index (χ2v) is 7.12. The van der Waals surface area contributed by atoms with Gasteiger partial charge >= 0.3 is 6.03 Å². The molecule has 3 rings (SSSR count). The van der Waals surface area contributed by atoms with Crippen LogP contribution in [-0.4, -0.2) is 11.0 Å². The lowest BCUT2D eigenvalue weighted by atomic mass is 10.1. The molecule has 0 aliphatic carbocycles. The first-order valence-electron chi connectivity index (χ1n) is 8.84. The number of urea groups is 1. The average molecular weight is 409 g/mol. The first kappa shape index (κ1) is 20.3. The Bertz CT molecular complexity index is 1060. The molecule has 29 heavy (non-hydrogen) atoms. The van der Waals surface area contributed by atoms with E-state index < -0.39 is 11.8 Å². The number of nitrogens with zero attached hydrogens (tertiary/aromatic N) is 1. The van der Waals surface area contributed by atoms with Crippen molar-refractivity contribution in [2.45, 2.75) is 13.8 Å². The molecule has 0 spiro atoms. The maximum atomic E-state index is 13.6. The molecule has 0 radical (unpaired) electrons. The Labute approximate surface area is 172 Å². The van der Waals surface area contributed by atoms with Gasteiger partial charge in [-0.05, 0) is 55.3 Å². The number of ether oxygens (including phenoxy) is 1. The Morgan fingerprint density at radius 3 is 2.66 bits per heavy atom. The number of nitrogens with one attached hydrogen (secondary N) is 2. The Kier molecular flexibility index (Phi) is 6.41. The highest BCUT2D eigenvalue weighted by Crippen LogP contribution is 2.36. The van der Waals surface area contributed by atoms with Gasteiger partial charge in [0.25, 0.3) is 0 Å². The Morgan fingerprint density at radius 2 is 2.00 bits per heavy atom. The summed E-state index contributed by atoms with van der Waals surface area (Å²) in [7, 11) is 0. The van der Waals surface area contributed by atoms with Crippen molar-refractivity contribution in [1.29, 1.82) is 0 Å². The average Bonchev–Trinajstić information content (AvgIpc) is 3.10. The van der Waals surface area contributed by atoms with Gasteiger partial charge in [-0.3, -0.25) is 4.98 Å². The second-order valence-electron chi connectivity index (χ2n) is 6.07. The van der Waals surface area contributed by atoms with Crippen LogP contribution in [0.25, 0.3) is 16.2 Å². The van der Waals surface area contributed by atoms with Gasteiger partial charge in [-0.15, -0.1) is 11.3 Å². The zero-order chi connectivity index (χ0) is 20.8. The van der Waals surface area contributed by atoms with Gasteiger partial charge in [0.05, 0.1) is 23.0 Å². The van der Waals surface area contributed by atoms with Crippen LogP contribution < -0.4 is 10.6 Å². The summed E-state index contributed by atoms with van der Waals surface area (Å²) in [6.07, 6.45) is 5.76. The lowest BCUT2D eigenvalue weighted by Crippen LogP contribution is -2.20. The summed E-state index contributed by atoms with van der Waals surface area (Å²) in [6, 6.07) is 10.4. The maximum Gasteiger partial charge on any atom is 0.323 e. The van der Waals surface area contributed by atoms with E-state index in [1.165, 1.54) is 18.5 Å². The fourth-order valence-electron chi connectivity index (χ4n) is 2.71. The number of carbonyl (C=O) groups excluding carboxylic acids is 1. The van der Waals surface area contributed by atoms with Crippen LogP contribution in [0.5, 0.6) is 0 Å². The smallest absolute Gasteiger partial charge is 0.323 e. The van der Waals surface area contributed by atoms with Crippen molar-refractivity contribution in [3.05, 3.63) is 84.0 Å². The Hall–Kier alpha value is -3.45. The van der Waals surface area contributed by atoms with Crippen LogP contribution in [-0.2, 0) is 4.74 Å². The molecule has 0 aliphatic heterocycles. The highest BCUT2D eigenvalue weighted by molar-refractivity contribution is 7.16. The van der Waals surface area contributed by atoms with Crippen molar-refractivity contribution in [1.82, 2.24) is 4.98 Å². The molecule has 0 atom stereocenters. The van der Waals surface area contributed by atoms with E-state index in [4.69, 9.17) is 4.74 Å². The highest BCUT2D eigenvalue weighted by atomic mass is 32.1. The van der Waals surface area contributed by atoms with Gasteiger partial charge in [-0.1, -0.05) is 18.7 Å². The van der Waals surface area contributed by atoms with Gasteiger partial charge < -0.3 is 15.4 Å². The number of carbonyl (C=O) groups is 1. The number of amides is 2.